The van der Waals surface area contributed by atoms with Crippen LogP contribution in [-0.2, 0) is 6.18 Å². The Morgan fingerprint density at radius 1 is 0.857 bits per heavy atom. The summed E-state index contributed by atoms with van der Waals surface area (Å²) in [5, 5.41) is 0. The minimum absolute atomic E-state index is 0.260. The van der Waals surface area contributed by atoms with E-state index >= 15 is 0 Å². The minimum atomic E-state index is -4.40. The van der Waals surface area contributed by atoms with Gasteiger partial charge in [-0.3, -0.25) is 4.79 Å². The van der Waals surface area contributed by atoms with E-state index in [1.54, 1.807) is 24.3 Å². The molecule has 0 unspecified atom stereocenters. The number of hydrogen-bond acceptors (Lipinski definition) is 2. The van der Waals surface area contributed by atoms with Gasteiger partial charge in [0.05, 0.1) is 16.6 Å². The van der Waals surface area contributed by atoms with Crippen LogP contribution in [0.1, 0.15) is 15.9 Å². The van der Waals surface area contributed by atoms with Gasteiger partial charge in [-0.05, 0) is 41.5 Å². The molecule has 4 rings (SSSR count). The number of rotatable bonds is 3. The molecule has 28 heavy (non-hydrogen) atoms. The number of aromatic nitrogens is 2. The van der Waals surface area contributed by atoms with Gasteiger partial charge in [0, 0.05) is 11.1 Å². The Balaban J connectivity index is 1.64. The summed E-state index contributed by atoms with van der Waals surface area (Å²) in [4.78, 5) is 18.5. The molecule has 3 N–H and O–H groups in total. The first-order chi connectivity index (χ1) is 13.3. The van der Waals surface area contributed by atoms with Crippen LogP contribution < -0.4 is 5.73 Å². The van der Waals surface area contributed by atoms with Crippen molar-refractivity contribution in [1.82, 2.24) is 9.97 Å². The molecular formula is C21H14F3N3O. The average Bonchev–Trinajstić information content (AvgIpc) is 3.11. The number of H-pyrrole nitrogens is 1. The van der Waals surface area contributed by atoms with Gasteiger partial charge in [0.1, 0.15) is 5.82 Å². The van der Waals surface area contributed by atoms with Gasteiger partial charge in [-0.2, -0.15) is 13.2 Å². The number of aromatic amines is 1. The lowest BCUT2D eigenvalue weighted by Gasteiger charge is -2.04. The number of halogens is 3. The third kappa shape index (κ3) is 3.34. The van der Waals surface area contributed by atoms with Crippen LogP contribution in [0.3, 0.4) is 0 Å². The summed E-state index contributed by atoms with van der Waals surface area (Å²) in [6.45, 7) is 0. The molecule has 4 aromatic rings. The van der Waals surface area contributed by atoms with E-state index in [9.17, 15) is 18.0 Å². The zero-order chi connectivity index (χ0) is 19.9. The third-order valence-electron chi connectivity index (χ3n) is 4.47. The molecule has 0 radical (unpaired) electrons. The first-order valence-electron chi connectivity index (χ1n) is 8.39. The van der Waals surface area contributed by atoms with Gasteiger partial charge in [-0.1, -0.05) is 36.4 Å². The van der Waals surface area contributed by atoms with E-state index in [4.69, 9.17) is 5.73 Å². The number of nitrogens with zero attached hydrogens (tertiary/aromatic N) is 1. The van der Waals surface area contributed by atoms with E-state index < -0.39 is 17.6 Å². The number of hydrogen-bond donors (Lipinski definition) is 2. The van der Waals surface area contributed by atoms with Crippen molar-refractivity contribution in [1.29, 1.82) is 0 Å². The number of fused-ring (bicyclic) bond motifs is 1. The number of benzene rings is 3. The van der Waals surface area contributed by atoms with Crippen LogP contribution in [0.2, 0.25) is 0 Å². The number of primary amides is 1. The van der Waals surface area contributed by atoms with Crippen LogP contribution in [0.4, 0.5) is 13.2 Å². The fourth-order valence-electron chi connectivity index (χ4n) is 2.97. The summed E-state index contributed by atoms with van der Waals surface area (Å²) in [6.07, 6.45) is -4.40. The average molecular weight is 381 g/mol. The van der Waals surface area contributed by atoms with Gasteiger partial charge in [-0.15, -0.1) is 0 Å². The highest BCUT2D eigenvalue weighted by molar-refractivity contribution is 5.93. The van der Waals surface area contributed by atoms with Crippen molar-refractivity contribution in [3.63, 3.8) is 0 Å². The van der Waals surface area contributed by atoms with Crippen molar-refractivity contribution in [3.8, 4) is 22.5 Å². The standard InChI is InChI=1S/C21H14F3N3O/c22-21(23,24)16-9-10-17-18(11-16)27-20(26-17)15-7-3-13(4-8-15)12-1-5-14(6-2-12)19(25)28/h1-11H,(H2,25,28)(H,26,27). The number of imidazole rings is 1. The Morgan fingerprint density at radius 3 is 2.00 bits per heavy atom. The summed E-state index contributed by atoms with van der Waals surface area (Å²) in [7, 11) is 0. The highest BCUT2D eigenvalue weighted by Crippen LogP contribution is 2.32. The van der Waals surface area contributed by atoms with E-state index in [0.717, 1.165) is 28.8 Å². The maximum Gasteiger partial charge on any atom is 0.416 e. The molecule has 7 heteroatoms. The van der Waals surface area contributed by atoms with Crippen LogP contribution in [0.25, 0.3) is 33.5 Å². The fraction of sp³-hybridized carbons (Fsp3) is 0.0476. The Kier molecular flexibility index (Phi) is 4.15. The summed E-state index contributed by atoms with van der Waals surface area (Å²) in [6, 6.07) is 17.8. The Morgan fingerprint density at radius 2 is 1.43 bits per heavy atom. The molecule has 0 aliphatic carbocycles. The maximum atomic E-state index is 12.9. The molecule has 0 bridgehead atoms. The molecule has 1 heterocycles. The van der Waals surface area contributed by atoms with Gasteiger partial charge in [0.15, 0.2) is 0 Å². The molecule has 0 aliphatic heterocycles. The molecule has 3 aromatic carbocycles. The van der Waals surface area contributed by atoms with Crippen molar-refractivity contribution < 1.29 is 18.0 Å². The topological polar surface area (TPSA) is 71.8 Å². The Bertz CT molecular complexity index is 1160. The molecule has 0 saturated carbocycles. The summed E-state index contributed by atoms with van der Waals surface area (Å²) in [5.74, 6) is 0.00501. The van der Waals surface area contributed by atoms with E-state index in [0.29, 0.717) is 16.9 Å². The quantitative estimate of drug-likeness (QED) is 0.523. The number of carbonyl (C=O) groups excluding carboxylic acids is 1. The second-order valence-electron chi connectivity index (χ2n) is 6.33. The largest absolute Gasteiger partial charge is 0.416 e. The first-order valence-corrected chi connectivity index (χ1v) is 8.39. The van der Waals surface area contributed by atoms with Gasteiger partial charge in [0.25, 0.3) is 0 Å². The molecule has 140 valence electrons. The lowest BCUT2D eigenvalue weighted by atomic mass is 10.0. The lowest BCUT2D eigenvalue weighted by Crippen LogP contribution is -2.10. The predicted octanol–water partition coefficient (Wildman–Crippen LogP) is 5.01. The monoisotopic (exact) mass is 381 g/mol. The maximum absolute atomic E-state index is 12.9. The number of carbonyl (C=O) groups is 1. The SMILES string of the molecule is NC(=O)c1ccc(-c2ccc(-c3nc4cc(C(F)(F)F)ccc4[nH]3)cc2)cc1. The predicted molar refractivity (Wildman–Crippen MR) is 100 cm³/mol. The Hall–Kier alpha value is -3.61. The third-order valence-corrected chi connectivity index (χ3v) is 4.47. The normalized spacial score (nSPS) is 11.7. The zero-order valence-corrected chi connectivity index (χ0v) is 14.4. The van der Waals surface area contributed by atoms with Gasteiger partial charge < -0.3 is 10.7 Å². The van der Waals surface area contributed by atoms with E-state index in [-0.39, 0.29) is 5.52 Å². The van der Waals surface area contributed by atoms with Gasteiger partial charge in [-0.25, -0.2) is 4.98 Å². The number of amides is 1. The van der Waals surface area contributed by atoms with Crippen LogP contribution in [0.15, 0.2) is 66.7 Å². The van der Waals surface area contributed by atoms with Crippen LogP contribution in [0.5, 0.6) is 0 Å². The minimum Gasteiger partial charge on any atom is -0.366 e. The van der Waals surface area contributed by atoms with Crippen molar-refractivity contribution in [2.24, 2.45) is 5.73 Å². The van der Waals surface area contributed by atoms with Gasteiger partial charge >= 0.3 is 6.18 Å². The molecular weight excluding hydrogens is 367 g/mol. The van der Waals surface area contributed by atoms with E-state index in [1.807, 2.05) is 24.3 Å². The summed E-state index contributed by atoms with van der Waals surface area (Å²) in [5.41, 5.74) is 8.33. The molecule has 1 amide bonds. The van der Waals surface area contributed by atoms with Crippen LogP contribution in [-0.4, -0.2) is 15.9 Å². The van der Waals surface area contributed by atoms with Crippen molar-refractivity contribution in [2.75, 3.05) is 0 Å². The second-order valence-corrected chi connectivity index (χ2v) is 6.33. The van der Waals surface area contributed by atoms with Crippen LogP contribution >= 0.6 is 0 Å². The van der Waals surface area contributed by atoms with Crippen molar-refractivity contribution in [2.45, 2.75) is 6.18 Å². The molecule has 0 spiro atoms. The molecule has 1 aromatic heterocycles. The Labute approximate surface area is 157 Å². The molecule has 4 nitrogen and oxygen atoms in total. The molecule has 0 aliphatic rings. The van der Waals surface area contributed by atoms with Crippen LogP contribution in [0, 0.1) is 0 Å². The first kappa shape index (κ1) is 17.8. The summed E-state index contributed by atoms with van der Waals surface area (Å²) >= 11 is 0. The van der Waals surface area contributed by atoms with E-state index in [1.165, 1.54) is 6.07 Å². The smallest absolute Gasteiger partial charge is 0.366 e. The molecule has 0 saturated heterocycles. The second kappa shape index (κ2) is 6.53. The highest BCUT2D eigenvalue weighted by atomic mass is 19.4. The summed E-state index contributed by atoms with van der Waals surface area (Å²) < 4.78 is 38.6. The van der Waals surface area contributed by atoms with Gasteiger partial charge in [0.2, 0.25) is 5.91 Å². The van der Waals surface area contributed by atoms with Crippen molar-refractivity contribution >= 4 is 16.9 Å². The van der Waals surface area contributed by atoms with E-state index in [2.05, 4.69) is 9.97 Å². The zero-order valence-electron chi connectivity index (χ0n) is 14.4. The lowest BCUT2D eigenvalue weighted by molar-refractivity contribution is -0.137. The molecule has 0 fully saturated rings. The number of alkyl halides is 3. The fourth-order valence-corrected chi connectivity index (χ4v) is 2.97. The highest BCUT2D eigenvalue weighted by Gasteiger charge is 2.30. The number of nitrogens with one attached hydrogen (secondary N) is 1. The molecule has 0 atom stereocenters. The van der Waals surface area contributed by atoms with Crippen molar-refractivity contribution in [3.05, 3.63) is 77.9 Å². The number of nitrogens with two attached hydrogens (primary N) is 1.